The summed E-state index contributed by atoms with van der Waals surface area (Å²) in [4.78, 5) is 9.53. The molecular formula is C3H6O5S. The van der Waals surface area contributed by atoms with Gasteiger partial charge in [-0.15, -0.1) is 0 Å². The number of carbonyl (C=O) groups is 1. The Balaban J connectivity index is 3.40. The van der Waals surface area contributed by atoms with Crippen LogP contribution in [0.4, 0.5) is 0 Å². The summed E-state index contributed by atoms with van der Waals surface area (Å²) in [5, 5.41) is 0. The number of hydrogen-bond acceptors (Lipinski definition) is 4. The van der Waals surface area contributed by atoms with E-state index in [1.54, 1.807) is 0 Å². The first-order valence-electron chi connectivity index (χ1n) is 2.12. The highest BCUT2D eigenvalue weighted by atomic mass is 32.3. The highest BCUT2D eigenvalue weighted by Gasteiger charge is 2.01. The highest BCUT2D eigenvalue weighted by molar-refractivity contribution is 7.80. The maximum atomic E-state index is 9.72. The van der Waals surface area contributed by atoms with Crippen LogP contribution in [0, 0.1) is 0 Å². The molecule has 0 radical (unpaired) electrons. The average Bonchev–Trinajstić information content (AvgIpc) is 1.63. The van der Waals surface area contributed by atoms with Crippen molar-refractivity contribution < 1.29 is 21.9 Å². The molecule has 0 atom stereocenters. The van der Waals surface area contributed by atoms with Gasteiger partial charge in [-0.25, -0.2) is 4.18 Å². The summed E-state index contributed by atoms with van der Waals surface area (Å²) in [6.07, 6.45) is 0.449. The second-order valence-electron chi connectivity index (χ2n) is 1.21. The van der Waals surface area contributed by atoms with Gasteiger partial charge in [-0.1, -0.05) is 0 Å². The lowest BCUT2D eigenvalue weighted by Crippen LogP contribution is -2.04. The maximum absolute atomic E-state index is 9.72. The number of carbonyl (C=O) groups excluding carboxylic acids is 1. The first-order chi connectivity index (χ1) is 4.06. The average molecular weight is 154 g/mol. The molecule has 0 spiro atoms. The molecule has 9 heavy (non-hydrogen) atoms. The van der Waals surface area contributed by atoms with Crippen LogP contribution in [-0.2, 0) is 19.4 Å². The Morgan fingerprint density at radius 3 is 2.44 bits per heavy atom. The van der Waals surface area contributed by atoms with Crippen molar-refractivity contribution in [3.05, 3.63) is 0 Å². The van der Waals surface area contributed by atoms with E-state index in [0.29, 0.717) is 6.29 Å². The maximum Gasteiger partial charge on any atom is 0.397 e. The molecule has 0 saturated heterocycles. The Bertz CT molecular complexity index is 169. The lowest BCUT2D eigenvalue weighted by atomic mass is 10.5. The molecular weight excluding hydrogens is 148 g/mol. The van der Waals surface area contributed by atoms with E-state index >= 15 is 0 Å². The van der Waals surface area contributed by atoms with Crippen LogP contribution in [0.1, 0.15) is 6.42 Å². The molecule has 0 aromatic rings. The smallest absolute Gasteiger partial charge is 0.303 e. The van der Waals surface area contributed by atoms with Gasteiger partial charge in [-0.05, 0) is 0 Å². The fourth-order valence-electron chi connectivity index (χ4n) is 0.202. The van der Waals surface area contributed by atoms with Crippen molar-refractivity contribution in [1.82, 2.24) is 0 Å². The summed E-state index contributed by atoms with van der Waals surface area (Å²) in [6.45, 7) is -0.303. The Hall–Kier alpha value is -0.460. The number of aldehydes is 1. The predicted octanol–water partition coefficient (Wildman–Crippen LogP) is -0.605. The third-order valence-electron chi connectivity index (χ3n) is 0.468. The topological polar surface area (TPSA) is 80.7 Å². The van der Waals surface area contributed by atoms with Crippen LogP contribution in [-0.4, -0.2) is 25.9 Å². The molecule has 0 saturated carbocycles. The van der Waals surface area contributed by atoms with Crippen LogP contribution in [0.3, 0.4) is 0 Å². The van der Waals surface area contributed by atoms with E-state index in [1.165, 1.54) is 0 Å². The first kappa shape index (κ1) is 8.54. The van der Waals surface area contributed by atoms with Crippen LogP contribution in [0.2, 0.25) is 0 Å². The summed E-state index contributed by atoms with van der Waals surface area (Å²) in [6, 6.07) is 0. The Morgan fingerprint density at radius 1 is 1.56 bits per heavy atom. The SMILES string of the molecule is O=CCCOS(=O)(=O)O. The minimum atomic E-state index is -4.36. The molecule has 0 unspecified atom stereocenters. The minimum absolute atomic E-state index is 0.0419. The van der Waals surface area contributed by atoms with E-state index < -0.39 is 10.4 Å². The zero-order valence-corrected chi connectivity index (χ0v) is 5.30. The normalized spacial score (nSPS) is 11.2. The van der Waals surface area contributed by atoms with Crippen molar-refractivity contribution in [2.45, 2.75) is 6.42 Å². The van der Waals surface area contributed by atoms with Crippen molar-refractivity contribution >= 4 is 16.7 Å². The van der Waals surface area contributed by atoms with Gasteiger partial charge in [0, 0.05) is 6.42 Å². The number of hydrogen-bond donors (Lipinski definition) is 1. The molecule has 0 aliphatic rings. The van der Waals surface area contributed by atoms with E-state index in [9.17, 15) is 13.2 Å². The zero-order chi connectivity index (χ0) is 7.33. The monoisotopic (exact) mass is 154 g/mol. The predicted molar refractivity (Wildman–Crippen MR) is 28.2 cm³/mol. The summed E-state index contributed by atoms with van der Waals surface area (Å²) >= 11 is 0. The lowest BCUT2D eigenvalue weighted by molar-refractivity contribution is -0.108. The standard InChI is InChI=1S/C3H6O5S/c4-2-1-3-8-9(5,6)7/h2H,1,3H2,(H,5,6,7). The van der Waals surface area contributed by atoms with E-state index in [1.807, 2.05) is 0 Å². The van der Waals surface area contributed by atoms with Gasteiger partial charge in [0.15, 0.2) is 0 Å². The van der Waals surface area contributed by atoms with Gasteiger partial charge in [0.1, 0.15) is 6.29 Å². The molecule has 0 aliphatic carbocycles. The molecule has 0 aliphatic heterocycles. The van der Waals surface area contributed by atoms with Crippen LogP contribution < -0.4 is 0 Å². The Morgan fingerprint density at radius 2 is 2.11 bits per heavy atom. The Labute approximate surface area is 52.6 Å². The molecule has 0 rings (SSSR count). The molecule has 6 heteroatoms. The number of rotatable bonds is 4. The first-order valence-corrected chi connectivity index (χ1v) is 3.48. The van der Waals surface area contributed by atoms with Gasteiger partial charge in [-0.2, -0.15) is 8.42 Å². The summed E-state index contributed by atoms with van der Waals surface area (Å²) in [5.41, 5.74) is 0. The van der Waals surface area contributed by atoms with Gasteiger partial charge < -0.3 is 4.79 Å². The molecule has 0 aromatic heterocycles. The third-order valence-corrected chi connectivity index (χ3v) is 0.932. The van der Waals surface area contributed by atoms with Gasteiger partial charge >= 0.3 is 10.4 Å². The summed E-state index contributed by atoms with van der Waals surface area (Å²) < 4.78 is 31.1. The lowest BCUT2D eigenvalue weighted by Gasteiger charge is -1.92. The molecule has 0 heterocycles. The molecule has 0 aromatic carbocycles. The van der Waals surface area contributed by atoms with Crippen molar-refractivity contribution in [2.24, 2.45) is 0 Å². The van der Waals surface area contributed by atoms with Crippen molar-refractivity contribution in [1.29, 1.82) is 0 Å². The van der Waals surface area contributed by atoms with E-state index in [-0.39, 0.29) is 13.0 Å². The summed E-state index contributed by atoms with van der Waals surface area (Å²) in [7, 11) is -4.36. The van der Waals surface area contributed by atoms with E-state index in [2.05, 4.69) is 4.18 Å². The van der Waals surface area contributed by atoms with Crippen LogP contribution in [0.25, 0.3) is 0 Å². The zero-order valence-electron chi connectivity index (χ0n) is 4.48. The molecule has 0 fully saturated rings. The van der Waals surface area contributed by atoms with Crippen molar-refractivity contribution in [2.75, 3.05) is 6.61 Å². The van der Waals surface area contributed by atoms with Gasteiger partial charge in [0.25, 0.3) is 0 Å². The molecule has 1 N–H and O–H groups in total. The molecule has 5 nitrogen and oxygen atoms in total. The summed E-state index contributed by atoms with van der Waals surface area (Å²) in [5.74, 6) is 0. The molecule has 54 valence electrons. The van der Waals surface area contributed by atoms with Crippen molar-refractivity contribution in [3.8, 4) is 0 Å². The van der Waals surface area contributed by atoms with Gasteiger partial charge in [-0.3, -0.25) is 4.55 Å². The molecule has 0 amide bonds. The Kier molecular flexibility index (Phi) is 3.36. The van der Waals surface area contributed by atoms with Crippen LogP contribution in [0.15, 0.2) is 0 Å². The van der Waals surface area contributed by atoms with Crippen LogP contribution >= 0.6 is 0 Å². The van der Waals surface area contributed by atoms with E-state index in [4.69, 9.17) is 4.55 Å². The van der Waals surface area contributed by atoms with E-state index in [0.717, 1.165) is 0 Å². The fraction of sp³-hybridized carbons (Fsp3) is 0.667. The quantitative estimate of drug-likeness (QED) is 0.332. The van der Waals surface area contributed by atoms with Gasteiger partial charge in [0.2, 0.25) is 0 Å². The largest absolute Gasteiger partial charge is 0.397 e. The van der Waals surface area contributed by atoms with Gasteiger partial charge in [0.05, 0.1) is 6.61 Å². The third kappa shape index (κ3) is 7.54. The molecule has 0 bridgehead atoms. The highest BCUT2D eigenvalue weighted by Crippen LogP contribution is 1.85. The fourth-order valence-corrected chi connectivity index (χ4v) is 0.508. The minimum Gasteiger partial charge on any atom is -0.303 e. The van der Waals surface area contributed by atoms with Crippen molar-refractivity contribution in [3.63, 3.8) is 0 Å². The second kappa shape index (κ2) is 3.54. The second-order valence-corrected chi connectivity index (χ2v) is 2.30. The van der Waals surface area contributed by atoms with Crippen LogP contribution in [0.5, 0.6) is 0 Å².